The molecule has 6 heteroatoms. The number of rotatable bonds is 5. The average molecular weight is 373 g/mol. The molecule has 2 aromatic rings. The van der Waals surface area contributed by atoms with Crippen LogP contribution in [0, 0.1) is 38.5 Å². The van der Waals surface area contributed by atoms with Gasteiger partial charge >= 0.3 is 0 Å². The first-order valence-electron chi connectivity index (χ1n) is 9.70. The Hall–Kier alpha value is -1.69. The maximum absolute atomic E-state index is 12.5. The Balaban J connectivity index is 1.41. The van der Waals surface area contributed by atoms with Gasteiger partial charge in [-0.2, -0.15) is 0 Å². The van der Waals surface area contributed by atoms with Crippen LogP contribution in [-0.4, -0.2) is 28.5 Å². The maximum Gasteiger partial charge on any atom is 0.239 e. The number of anilines is 1. The van der Waals surface area contributed by atoms with Crippen LogP contribution < -0.4 is 10.6 Å². The first-order chi connectivity index (χ1) is 12.4. The molecular formula is C20H28N4OS. The van der Waals surface area contributed by atoms with Gasteiger partial charge in [0.05, 0.1) is 11.9 Å². The predicted molar refractivity (Wildman–Crippen MR) is 107 cm³/mol. The topological polar surface area (TPSA) is 66.9 Å². The van der Waals surface area contributed by atoms with Gasteiger partial charge in [-0.1, -0.05) is 6.42 Å². The second-order valence-electron chi connectivity index (χ2n) is 8.13. The molecule has 2 fully saturated rings. The summed E-state index contributed by atoms with van der Waals surface area (Å²) in [6.45, 7) is 8.51. The lowest BCUT2D eigenvalue weighted by molar-refractivity contribution is -0.120. The Labute approximate surface area is 159 Å². The Morgan fingerprint density at radius 2 is 2.04 bits per heavy atom. The fourth-order valence-electron chi connectivity index (χ4n) is 4.97. The summed E-state index contributed by atoms with van der Waals surface area (Å²) in [4.78, 5) is 23.8. The van der Waals surface area contributed by atoms with Crippen molar-refractivity contribution in [1.82, 2.24) is 15.3 Å². The molecule has 2 bridgehead atoms. The minimum Gasteiger partial charge on any atom is -0.360 e. The predicted octanol–water partition coefficient (Wildman–Crippen LogP) is 3.97. The van der Waals surface area contributed by atoms with E-state index in [0.29, 0.717) is 5.92 Å². The van der Waals surface area contributed by atoms with Gasteiger partial charge in [-0.3, -0.25) is 4.79 Å². The van der Waals surface area contributed by atoms with E-state index < -0.39 is 0 Å². The van der Waals surface area contributed by atoms with Crippen LogP contribution in [0.1, 0.15) is 48.9 Å². The molecule has 2 saturated carbocycles. The second kappa shape index (κ2) is 6.80. The zero-order valence-electron chi connectivity index (χ0n) is 16.1. The molecule has 140 valence electrons. The minimum absolute atomic E-state index is 0.0503. The van der Waals surface area contributed by atoms with Crippen LogP contribution in [0.3, 0.4) is 0 Å². The fourth-order valence-corrected chi connectivity index (χ4v) is 6.04. The second-order valence-corrected chi connectivity index (χ2v) is 9.33. The Kier molecular flexibility index (Phi) is 4.63. The first kappa shape index (κ1) is 17.7. The molecule has 0 spiro atoms. The van der Waals surface area contributed by atoms with Crippen molar-refractivity contribution in [3.8, 4) is 0 Å². The van der Waals surface area contributed by atoms with E-state index in [0.717, 1.165) is 33.7 Å². The molecule has 0 radical (unpaired) electrons. The molecule has 2 N–H and O–H groups in total. The molecule has 2 aliphatic carbocycles. The lowest BCUT2D eigenvalue weighted by Gasteiger charge is -2.28. The van der Waals surface area contributed by atoms with E-state index in [1.165, 1.54) is 36.1 Å². The number of thiophene rings is 1. The van der Waals surface area contributed by atoms with Gasteiger partial charge in [0.15, 0.2) is 0 Å². The molecule has 4 atom stereocenters. The zero-order chi connectivity index (χ0) is 18.4. The first-order valence-corrected chi connectivity index (χ1v) is 10.5. The van der Waals surface area contributed by atoms with Gasteiger partial charge in [0.25, 0.3) is 0 Å². The van der Waals surface area contributed by atoms with Crippen molar-refractivity contribution in [1.29, 1.82) is 0 Å². The van der Waals surface area contributed by atoms with Gasteiger partial charge in [0.2, 0.25) is 5.91 Å². The van der Waals surface area contributed by atoms with E-state index in [4.69, 9.17) is 0 Å². The van der Waals surface area contributed by atoms with Crippen LogP contribution in [0.15, 0.2) is 0 Å². The molecule has 4 unspecified atom stereocenters. The van der Waals surface area contributed by atoms with Crippen LogP contribution in [0.5, 0.6) is 0 Å². The fraction of sp³-hybridized carbons (Fsp3) is 0.650. The lowest BCUT2D eigenvalue weighted by atomic mass is 9.84. The molecule has 4 rings (SSSR count). The molecule has 2 heterocycles. The number of hydrogen-bond donors (Lipinski definition) is 2. The third kappa shape index (κ3) is 3.20. The van der Waals surface area contributed by atoms with Crippen LogP contribution in [0.25, 0.3) is 10.2 Å². The highest BCUT2D eigenvalue weighted by Gasteiger charge is 2.42. The monoisotopic (exact) mass is 372 g/mol. The van der Waals surface area contributed by atoms with Gasteiger partial charge in [-0.05, 0) is 70.3 Å². The third-order valence-electron chi connectivity index (χ3n) is 6.38. The molecule has 0 aliphatic heterocycles. The highest BCUT2D eigenvalue weighted by atomic mass is 32.1. The summed E-state index contributed by atoms with van der Waals surface area (Å²) in [5.74, 6) is 3.95. The van der Waals surface area contributed by atoms with Crippen LogP contribution in [0.4, 0.5) is 5.82 Å². The number of aryl methyl sites for hydroxylation is 3. The van der Waals surface area contributed by atoms with Crippen molar-refractivity contribution in [2.75, 3.05) is 11.9 Å². The normalized spacial score (nSPS) is 25.6. The number of amides is 1. The van der Waals surface area contributed by atoms with Crippen molar-refractivity contribution in [3.05, 3.63) is 16.3 Å². The highest BCUT2D eigenvalue weighted by Crippen LogP contribution is 2.49. The molecule has 2 aromatic heterocycles. The Morgan fingerprint density at radius 3 is 2.73 bits per heavy atom. The third-order valence-corrected chi connectivity index (χ3v) is 7.48. The summed E-state index contributed by atoms with van der Waals surface area (Å²) >= 11 is 1.68. The number of aromatic nitrogens is 2. The number of carbonyl (C=O) groups excluding carboxylic acids is 1. The molecule has 1 amide bonds. The highest BCUT2D eigenvalue weighted by molar-refractivity contribution is 7.18. The molecule has 26 heavy (non-hydrogen) atoms. The van der Waals surface area contributed by atoms with Crippen molar-refractivity contribution in [3.63, 3.8) is 0 Å². The Bertz CT molecular complexity index is 846. The molecule has 2 aliphatic rings. The van der Waals surface area contributed by atoms with Gasteiger partial charge < -0.3 is 10.6 Å². The number of nitrogens with zero attached hydrogens (tertiary/aromatic N) is 2. The summed E-state index contributed by atoms with van der Waals surface area (Å²) in [6.07, 6.45) is 5.41. The van der Waals surface area contributed by atoms with Gasteiger partial charge in [-0.25, -0.2) is 9.97 Å². The number of nitrogens with one attached hydrogen (secondary N) is 2. The number of fused-ring (bicyclic) bond motifs is 3. The summed E-state index contributed by atoms with van der Waals surface area (Å²) < 4.78 is 0. The standard InChI is InChI=1S/C20H28N4OS/c1-10-12(3)26-20-18(10)19(23-13(4)24-20)21-9-17(25)22-11(2)16-8-14-5-6-15(16)7-14/h11,14-16H,5-9H2,1-4H3,(H,22,25)(H,21,23,24). The summed E-state index contributed by atoms with van der Waals surface area (Å²) in [7, 11) is 0. The van der Waals surface area contributed by atoms with Gasteiger partial charge in [-0.15, -0.1) is 11.3 Å². The van der Waals surface area contributed by atoms with E-state index in [1.54, 1.807) is 11.3 Å². The minimum atomic E-state index is 0.0503. The summed E-state index contributed by atoms with van der Waals surface area (Å²) in [6, 6.07) is 0.261. The quantitative estimate of drug-likeness (QED) is 0.833. The molecule has 0 saturated heterocycles. The molecular weight excluding hydrogens is 344 g/mol. The summed E-state index contributed by atoms with van der Waals surface area (Å²) in [5, 5.41) is 7.52. The van der Waals surface area contributed by atoms with Crippen molar-refractivity contribution >= 4 is 33.3 Å². The van der Waals surface area contributed by atoms with Crippen molar-refractivity contribution in [2.45, 2.75) is 59.4 Å². The maximum atomic E-state index is 12.5. The molecule has 5 nitrogen and oxygen atoms in total. The number of carbonyl (C=O) groups is 1. The number of hydrogen-bond acceptors (Lipinski definition) is 5. The zero-order valence-corrected chi connectivity index (χ0v) is 16.9. The van der Waals surface area contributed by atoms with Crippen molar-refractivity contribution in [2.24, 2.45) is 17.8 Å². The SMILES string of the molecule is Cc1nc(NCC(=O)NC(C)C2CC3CCC2C3)c2c(C)c(C)sc2n1. The van der Waals surface area contributed by atoms with Crippen LogP contribution in [0.2, 0.25) is 0 Å². The summed E-state index contributed by atoms with van der Waals surface area (Å²) in [5.41, 5.74) is 1.20. The van der Waals surface area contributed by atoms with Crippen LogP contribution >= 0.6 is 11.3 Å². The Morgan fingerprint density at radius 1 is 1.23 bits per heavy atom. The van der Waals surface area contributed by atoms with Gasteiger partial charge in [0.1, 0.15) is 16.5 Å². The smallest absolute Gasteiger partial charge is 0.239 e. The van der Waals surface area contributed by atoms with E-state index in [-0.39, 0.29) is 18.5 Å². The van der Waals surface area contributed by atoms with E-state index >= 15 is 0 Å². The van der Waals surface area contributed by atoms with Crippen LogP contribution in [-0.2, 0) is 4.79 Å². The molecule has 0 aromatic carbocycles. The largest absolute Gasteiger partial charge is 0.360 e. The van der Waals surface area contributed by atoms with E-state index in [1.807, 2.05) is 6.92 Å². The lowest BCUT2D eigenvalue weighted by Crippen LogP contribution is -2.42. The van der Waals surface area contributed by atoms with Crippen molar-refractivity contribution < 1.29 is 4.79 Å². The van der Waals surface area contributed by atoms with Gasteiger partial charge in [0, 0.05) is 10.9 Å². The average Bonchev–Trinajstić information content (AvgIpc) is 3.28. The van der Waals surface area contributed by atoms with E-state index in [9.17, 15) is 4.79 Å². The van der Waals surface area contributed by atoms with E-state index in [2.05, 4.69) is 41.4 Å².